The molecule has 0 radical (unpaired) electrons. The van der Waals surface area contributed by atoms with Gasteiger partial charge in [0.1, 0.15) is 6.61 Å². The number of anilines is 1. The normalized spacial score (nSPS) is 10.7. The third-order valence-corrected chi connectivity index (χ3v) is 4.71. The molecule has 2 aromatic heterocycles. The van der Waals surface area contributed by atoms with Crippen molar-refractivity contribution in [3.05, 3.63) is 42.2 Å². The molecule has 1 aromatic carbocycles. The smallest absolute Gasteiger partial charge is 0.325 e. The Hall–Kier alpha value is -2.74. The Labute approximate surface area is 149 Å². The summed E-state index contributed by atoms with van der Waals surface area (Å²) < 4.78 is 5.67. The molecule has 0 aliphatic carbocycles. The first kappa shape index (κ1) is 17.1. The molecule has 25 heavy (non-hydrogen) atoms. The van der Waals surface area contributed by atoms with Gasteiger partial charge < -0.3 is 9.64 Å². The average Bonchev–Trinajstić information content (AvgIpc) is 3.13. The highest BCUT2D eigenvalue weighted by atomic mass is 32.1. The lowest BCUT2D eigenvalue weighted by molar-refractivity contribution is 0.219. The summed E-state index contributed by atoms with van der Waals surface area (Å²) >= 11 is 1.23. The standard InChI is InChI=1S/C17H19N5O2S/c1-4-21(2)17(23)22(3)15-19-20-16(25-15)24-11-14-9-12-7-5-6-8-13(12)10-18-14/h5-10H,4,11H2,1-3H3. The molecule has 0 aliphatic heterocycles. The largest absolute Gasteiger partial charge is 0.462 e. The summed E-state index contributed by atoms with van der Waals surface area (Å²) in [5, 5.41) is 11.1. The molecule has 2 heterocycles. The zero-order valence-corrected chi connectivity index (χ0v) is 15.2. The molecule has 0 N–H and O–H groups in total. The first-order valence-corrected chi connectivity index (χ1v) is 8.69. The number of hydrogen-bond donors (Lipinski definition) is 0. The molecule has 0 spiro atoms. The average molecular weight is 357 g/mol. The van der Waals surface area contributed by atoms with Crippen molar-refractivity contribution in [3.8, 4) is 5.19 Å². The van der Waals surface area contributed by atoms with E-state index < -0.39 is 0 Å². The Morgan fingerprint density at radius 1 is 1.20 bits per heavy atom. The van der Waals surface area contributed by atoms with Gasteiger partial charge in [-0.15, -0.1) is 5.10 Å². The molecule has 3 aromatic rings. The summed E-state index contributed by atoms with van der Waals surface area (Å²) in [7, 11) is 3.41. The zero-order valence-electron chi connectivity index (χ0n) is 14.3. The number of fused-ring (bicyclic) bond motifs is 1. The maximum atomic E-state index is 12.1. The number of hydrogen-bond acceptors (Lipinski definition) is 6. The first-order valence-electron chi connectivity index (χ1n) is 7.87. The summed E-state index contributed by atoms with van der Waals surface area (Å²) in [6, 6.07) is 9.88. The molecule has 130 valence electrons. The number of carbonyl (C=O) groups is 1. The van der Waals surface area contributed by atoms with Crippen molar-refractivity contribution in [1.29, 1.82) is 0 Å². The van der Waals surface area contributed by atoms with Gasteiger partial charge in [0.15, 0.2) is 0 Å². The lowest BCUT2D eigenvalue weighted by Gasteiger charge is -2.20. The van der Waals surface area contributed by atoms with E-state index in [9.17, 15) is 4.79 Å². The van der Waals surface area contributed by atoms with Crippen LogP contribution >= 0.6 is 11.3 Å². The molecule has 0 bridgehead atoms. The molecule has 0 saturated heterocycles. The van der Waals surface area contributed by atoms with Crippen LogP contribution in [0.15, 0.2) is 36.5 Å². The summed E-state index contributed by atoms with van der Waals surface area (Å²) in [5.74, 6) is 0. The van der Waals surface area contributed by atoms with Crippen LogP contribution in [0.3, 0.4) is 0 Å². The fourth-order valence-electron chi connectivity index (χ4n) is 2.21. The molecule has 3 rings (SSSR count). The van der Waals surface area contributed by atoms with E-state index >= 15 is 0 Å². The van der Waals surface area contributed by atoms with Gasteiger partial charge in [0, 0.05) is 32.2 Å². The lowest BCUT2D eigenvalue weighted by atomic mass is 10.1. The monoisotopic (exact) mass is 357 g/mol. The molecule has 0 fully saturated rings. The van der Waals surface area contributed by atoms with Gasteiger partial charge in [0.2, 0.25) is 5.13 Å². The highest BCUT2D eigenvalue weighted by Crippen LogP contribution is 2.26. The second kappa shape index (κ2) is 7.43. The van der Waals surface area contributed by atoms with Crippen molar-refractivity contribution < 1.29 is 9.53 Å². The van der Waals surface area contributed by atoms with Crippen LogP contribution in [0.2, 0.25) is 0 Å². The van der Waals surface area contributed by atoms with Crippen LogP contribution in [0, 0.1) is 0 Å². The number of aromatic nitrogens is 3. The number of urea groups is 1. The number of rotatable bonds is 5. The van der Waals surface area contributed by atoms with E-state index in [-0.39, 0.29) is 6.03 Å². The molecular formula is C17H19N5O2S. The highest BCUT2D eigenvalue weighted by Gasteiger charge is 2.19. The number of ether oxygens (including phenoxy) is 1. The minimum absolute atomic E-state index is 0.138. The van der Waals surface area contributed by atoms with Gasteiger partial charge in [-0.25, -0.2) is 4.79 Å². The zero-order chi connectivity index (χ0) is 17.8. The first-order chi connectivity index (χ1) is 12.1. The van der Waals surface area contributed by atoms with Gasteiger partial charge in [0.05, 0.1) is 5.69 Å². The van der Waals surface area contributed by atoms with E-state index in [2.05, 4.69) is 15.2 Å². The second-order valence-electron chi connectivity index (χ2n) is 5.52. The van der Waals surface area contributed by atoms with E-state index in [0.717, 1.165) is 16.5 Å². The molecular weight excluding hydrogens is 338 g/mol. The van der Waals surface area contributed by atoms with E-state index in [1.807, 2.05) is 43.5 Å². The van der Waals surface area contributed by atoms with Crippen molar-refractivity contribution >= 4 is 33.3 Å². The Morgan fingerprint density at radius 2 is 1.96 bits per heavy atom. The fourth-order valence-corrected chi connectivity index (χ4v) is 2.87. The minimum atomic E-state index is -0.138. The summed E-state index contributed by atoms with van der Waals surface area (Å²) in [6.07, 6.45) is 1.83. The van der Waals surface area contributed by atoms with Crippen LogP contribution in [-0.2, 0) is 6.61 Å². The maximum absolute atomic E-state index is 12.1. The predicted molar refractivity (Wildman–Crippen MR) is 98.1 cm³/mol. The Balaban J connectivity index is 1.65. The summed E-state index contributed by atoms with van der Waals surface area (Å²) in [4.78, 5) is 19.6. The molecule has 0 aliphatic rings. The third kappa shape index (κ3) is 3.85. The van der Waals surface area contributed by atoms with Crippen LogP contribution < -0.4 is 9.64 Å². The third-order valence-electron chi connectivity index (χ3n) is 3.80. The van der Waals surface area contributed by atoms with Gasteiger partial charge >= 0.3 is 6.03 Å². The van der Waals surface area contributed by atoms with Crippen molar-refractivity contribution in [2.24, 2.45) is 0 Å². The Kier molecular flexibility index (Phi) is 5.08. The van der Waals surface area contributed by atoms with Crippen molar-refractivity contribution in [1.82, 2.24) is 20.1 Å². The molecule has 8 heteroatoms. The van der Waals surface area contributed by atoms with Gasteiger partial charge in [-0.2, -0.15) is 0 Å². The topological polar surface area (TPSA) is 71.5 Å². The molecule has 0 saturated carbocycles. The van der Waals surface area contributed by atoms with E-state index in [4.69, 9.17) is 4.74 Å². The Morgan fingerprint density at radius 3 is 2.72 bits per heavy atom. The van der Waals surface area contributed by atoms with Crippen molar-refractivity contribution in [2.75, 3.05) is 25.5 Å². The number of amides is 2. The number of pyridine rings is 1. The highest BCUT2D eigenvalue weighted by molar-refractivity contribution is 7.17. The summed E-state index contributed by atoms with van der Waals surface area (Å²) in [6.45, 7) is 2.84. The summed E-state index contributed by atoms with van der Waals surface area (Å²) in [5.41, 5.74) is 0.811. The van der Waals surface area contributed by atoms with Gasteiger partial charge in [-0.1, -0.05) is 29.4 Å². The lowest BCUT2D eigenvalue weighted by Crippen LogP contribution is -2.38. The molecule has 0 unspecified atom stereocenters. The van der Waals surface area contributed by atoms with Crippen LogP contribution in [0.25, 0.3) is 10.8 Å². The van der Waals surface area contributed by atoms with Crippen LogP contribution in [0.1, 0.15) is 12.6 Å². The van der Waals surface area contributed by atoms with Gasteiger partial charge in [-0.05, 0) is 29.7 Å². The van der Waals surface area contributed by atoms with Crippen molar-refractivity contribution in [3.63, 3.8) is 0 Å². The second-order valence-corrected chi connectivity index (χ2v) is 6.44. The van der Waals surface area contributed by atoms with E-state index in [1.165, 1.54) is 16.2 Å². The number of nitrogens with zero attached hydrogens (tertiary/aromatic N) is 5. The van der Waals surface area contributed by atoms with Crippen LogP contribution in [0.5, 0.6) is 5.19 Å². The quantitative estimate of drug-likeness (QED) is 0.701. The van der Waals surface area contributed by atoms with E-state index in [1.54, 1.807) is 19.0 Å². The van der Waals surface area contributed by atoms with Gasteiger partial charge in [0.25, 0.3) is 5.19 Å². The fraction of sp³-hybridized carbons (Fsp3) is 0.294. The SMILES string of the molecule is CCN(C)C(=O)N(C)c1nnc(OCc2cc3ccccc3cn2)s1. The molecule has 2 amide bonds. The van der Waals surface area contributed by atoms with Crippen LogP contribution in [-0.4, -0.2) is 46.8 Å². The maximum Gasteiger partial charge on any atom is 0.325 e. The van der Waals surface area contributed by atoms with E-state index in [0.29, 0.717) is 23.5 Å². The minimum Gasteiger partial charge on any atom is -0.462 e. The van der Waals surface area contributed by atoms with Crippen molar-refractivity contribution in [2.45, 2.75) is 13.5 Å². The number of benzene rings is 1. The van der Waals surface area contributed by atoms with Gasteiger partial charge in [-0.3, -0.25) is 9.88 Å². The number of carbonyl (C=O) groups excluding carboxylic acids is 1. The molecule has 0 atom stereocenters. The Bertz CT molecular complexity index is 882. The predicted octanol–water partition coefficient (Wildman–Crippen LogP) is 3.17. The molecule has 7 nitrogen and oxygen atoms in total. The van der Waals surface area contributed by atoms with Crippen LogP contribution in [0.4, 0.5) is 9.93 Å².